The van der Waals surface area contributed by atoms with Gasteiger partial charge in [0.15, 0.2) is 0 Å². The Kier molecular flexibility index (Phi) is 3.29. The molecule has 1 heterocycles. The average Bonchev–Trinajstić information content (AvgIpc) is 2.88. The zero-order chi connectivity index (χ0) is 10.8. The third-order valence-electron chi connectivity index (χ3n) is 3.59. The van der Waals surface area contributed by atoms with Crippen molar-refractivity contribution in [2.75, 3.05) is 13.1 Å². The highest BCUT2D eigenvalue weighted by molar-refractivity contribution is 5.79. The van der Waals surface area contributed by atoms with Crippen LogP contribution in [0.5, 0.6) is 0 Å². The van der Waals surface area contributed by atoms with Gasteiger partial charge in [0.1, 0.15) is 0 Å². The van der Waals surface area contributed by atoms with Crippen molar-refractivity contribution in [3.63, 3.8) is 0 Å². The molecule has 1 aliphatic heterocycles. The zero-order valence-electron chi connectivity index (χ0n) is 9.75. The molecule has 0 aromatic heterocycles. The maximum absolute atomic E-state index is 11.9. The van der Waals surface area contributed by atoms with E-state index in [1.807, 2.05) is 0 Å². The zero-order valence-corrected chi connectivity index (χ0v) is 9.75. The molecule has 0 bridgehead atoms. The molecule has 2 rings (SSSR count). The van der Waals surface area contributed by atoms with E-state index in [4.69, 9.17) is 0 Å². The number of hydrogen-bond donors (Lipinski definition) is 2. The van der Waals surface area contributed by atoms with Crippen LogP contribution in [0, 0.1) is 17.8 Å². The van der Waals surface area contributed by atoms with E-state index in [0.29, 0.717) is 12.0 Å². The molecule has 15 heavy (non-hydrogen) atoms. The quantitative estimate of drug-likeness (QED) is 0.731. The summed E-state index contributed by atoms with van der Waals surface area (Å²) in [4.78, 5) is 11.9. The Morgan fingerprint density at radius 3 is 2.73 bits per heavy atom. The van der Waals surface area contributed by atoms with Crippen molar-refractivity contribution < 1.29 is 4.79 Å². The van der Waals surface area contributed by atoms with Crippen molar-refractivity contribution in [3.8, 4) is 0 Å². The summed E-state index contributed by atoms with van der Waals surface area (Å²) in [5.41, 5.74) is 0. The largest absolute Gasteiger partial charge is 0.356 e. The first-order valence-electron chi connectivity index (χ1n) is 6.19. The molecular weight excluding hydrogens is 188 g/mol. The van der Waals surface area contributed by atoms with E-state index in [1.165, 1.54) is 12.8 Å². The maximum Gasteiger partial charge on any atom is 0.224 e. The molecule has 2 fully saturated rings. The molecule has 86 valence electrons. The summed E-state index contributed by atoms with van der Waals surface area (Å²) in [6.45, 7) is 6.26. The first-order chi connectivity index (χ1) is 7.18. The molecule has 3 heteroatoms. The van der Waals surface area contributed by atoms with Crippen molar-refractivity contribution in [1.82, 2.24) is 10.6 Å². The lowest BCUT2D eigenvalue weighted by atomic mass is 9.91. The molecule has 1 amide bonds. The van der Waals surface area contributed by atoms with Crippen LogP contribution in [0.2, 0.25) is 0 Å². The van der Waals surface area contributed by atoms with E-state index >= 15 is 0 Å². The van der Waals surface area contributed by atoms with Gasteiger partial charge in [-0.15, -0.1) is 0 Å². The van der Waals surface area contributed by atoms with E-state index in [9.17, 15) is 4.79 Å². The molecule has 1 saturated carbocycles. The van der Waals surface area contributed by atoms with Crippen LogP contribution < -0.4 is 10.6 Å². The number of amides is 1. The predicted octanol–water partition coefficient (Wildman–Crippen LogP) is 1.15. The van der Waals surface area contributed by atoms with Gasteiger partial charge >= 0.3 is 0 Å². The number of carbonyl (C=O) groups excluding carboxylic acids is 1. The molecule has 0 aromatic rings. The van der Waals surface area contributed by atoms with Crippen molar-refractivity contribution in [1.29, 1.82) is 0 Å². The molecule has 2 aliphatic rings. The smallest absolute Gasteiger partial charge is 0.224 e. The average molecular weight is 210 g/mol. The van der Waals surface area contributed by atoms with Crippen molar-refractivity contribution >= 4 is 5.91 Å². The van der Waals surface area contributed by atoms with Crippen LogP contribution in [0.4, 0.5) is 0 Å². The molecule has 0 radical (unpaired) electrons. The molecule has 0 spiro atoms. The molecule has 2 atom stereocenters. The highest BCUT2D eigenvalue weighted by atomic mass is 16.1. The Morgan fingerprint density at radius 2 is 2.13 bits per heavy atom. The van der Waals surface area contributed by atoms with Gasteiger partial charge < -0.3 is 10.6 Å². The fraction of sp³-hybridized carbons (Fsp3) is 0.917. The summed E-state index contributed by atoms with van der Waals surface area (Å²) in [7, 11) is 0. The molecule has 2 N–H and O–H groups in total. The molecular formula is C12H22N2O. The number of hydrogen-bond acceptors (Lipinski definition) is 2. The third kappa shape index (κ3) is 2.71. The van der Waals surface area contributed by atoms with Gasteiger partial charge in [0.05, 0.1) is 5.92 Å². The summed E-state index contributed by atoms with van der Waals surface area (Å²) in [6, 6.07) is 0.379. The van der Waals surface area contributed by atoms with E-state index in [1.54, 1.807) is 0 Å². The summed E-state index contributed by atoms with van der Waals surface area (Å²) < 4.78 is 0. The summed E-state index contributed by atoms with van der Waals surface area (Å²) in [6.07, 6.45) is 3.60. The summed E-state index contributed by atoms with van der Waals surface area (Å²) >= 11 is 0. The summed E-state index contributed by atoms with van der Waals surface area (Å²) in [5, 5.41) is 6.52. The minimum Gasteiger partial charge on any atom is -0.356 e. The second-order valence-corrected chi connectivity index (χ2v) is 5.31. The second-order valence-electron chi connectivity index (χ2n) is 5.31. The van der Waals surface area contributed by atoms with Gasteiger partial charge in [-0.25, -0.2) is 0 Å². The highest BCUT2D eigenvalue weighted by Gasteiger charge is 2.34. The molecule has 1 saturated heterocycles. The minimum absolute atomic E-state index is 0.198. The van der Waals surface area contributed by atoms with E-state index in [-0.39, 0.29) is 11.8 Å². The maximum atomic E-state index is 11.9. The number of nitrogens with one attached hydrogen (secondary N) is 2. The van der Waals surface area contributed by atoms with Crippen LogP contribution in [-0.2, 0) is 4.79 Å². The van der Waals surface area contributed by atoms with Crippen molar-refractivity contribution in [2.45, 2.75) is 39.2 Å². The van der Waals surface area contributed by atoms with Crippen molar-refractivity contribution in [3.05, 3.63) is 0 Å². The fourth-order valence-electron chi connectivity index (χ4n) is 2.42. The van der Waals surface area contributed by atoms with E-state index in [2.05, 4.69) is 24.5 Å². The van der Waals surface area contributed by atoms with Gasteiger partial charge in [0.25, 0.3) is 0 Å². The topological polar surface area (TPSA) is 41.1 Å². The minimum atomic E-state index is 0.198. The third-order valence-corrected chi connectivity index (χ3v) is 3.59. The Morgan fingerprint density at radius 1 is 1.40 bits per heavy atom. The van der Waals surface area contributed by atoms with Crippen LogP contribution in [0.1, 0.15) is 33.1 Å². The number of carbonyl (C=O) groups is 1. The van der Waals surface area contributed by atoms with Crippen LogP contribution in [0.3, 0.4) is 0 Å². The first kappa shape index (κ1) is 10.9. The molecule has 2 unspecified atom stereocenters. The van der Waals surface area contributed by atoms with Crippen LogP contribution in [-0.4, -0.2) is 25.0 Å². The molecule has 1 aliphatic carbocycles. The fourth-order valence-corrected chi connectivity index (χ4v) is 2.42. The SMILES string of the molecule is CC(C)C1NCCC1C(=O)NCC1CC1. The molecule has 0 aromatic carbocycles. The Balaban J connectivity index is 1.81. The van der Waals surface area contributed by atoms with E-state index < -0.39 is 0 Å². The highest BCUT2D eigenvalue weighted by Crippen LogP contribution is 2.28. The van der Waals surface area contributed by atoms with Gasteiger partial charge in [-0.2, -0.15) is 0 Å². The first-order valence-corrected chi connectivity index (χ1v) is 6.19. The lowest BCUT2D eigenvalue weighted by Gasteiger charge is -2.22. The normalized spacial score (nSPS) is 30.9. The predicted molar refractivity (Wildman–Crippen MR) is 60.5 cm³/mol. The summed E-state index contributed by atoms with van der Waals surface area (Å²) in [5.74, 6) is 1.79. The lowest BCUT2D eigenvalue weighted by molar-refractivity contribution is -0.125. The van der Waals surface area contributed by atoms with Crippen LogP contribution >= 0.6 is 0 Å². The van der Waals surface area contributed by atoms with Crippen LogP contribution in [0.25, 0.3) is 0 Å². The van der Waals surface area contributed by atoms with E-state index in [0.717, 1.165) is 25.4 Å². The van der Waals surface area contributed by atoms with Gasteiger partial charge in [-0.3, -0.25) is 4.79 Å². The van der Waals surface area contributed by atoms with Crippen LogP contribution in [0.15, 0.2) is 0 Å². The molecule has 3 nitrogen and oxygen atoms in total. The second kappa shape index (κ2) is 4.52. The Labute approximate surface area is 92.0 Å². The monoisotopic (exact) mass is 210 g/mol. The van der Waals surface area contributed by atoms with Crippen molar-refractivity contribution in [2.24, 2.45) is 17.8 Å². The Bertz CT molecular complexity index is 236. The number of rotatable bonds is 4. The Hall–Kier alpha value is -0.570. The lowest BCUT2D eigenvalue weighted by Crippen LogP contribution is -2.41. The van der Waals surface area contributed by atoms with Gasteiger partial charge in [0.2, 0.25) is 5.91 Å². The van der Waals surface area contributed by atoms with Gasteiger partial charge in [-0.1, -0.05) is 13.8 Å². The van der Waals surface area contributed by atoms with Gasteiger partial charge in [0, 0.05) is 12.6 Å². The standard InChI is InChI=1S/C12H22N2O/c1-8(2)11-10(5-6-13-11)12(15)14-7-9-3-4-9/h8-11,13H,3-7H2,1-2H3,(H,14,15). The van der Waals surface area contributed by atoms with Gasteiger partial charge in [-0.05, 0) is 37.6 Å².